The predicted molar refractivity (Wildman–Crippen MR) is 121 cm³/mol. The second kappa shape index (κ2) is 11.4. The molecule has 0 atom stereocenters. The Balaban J connectivity index is 1.75. The van der Waals surface area contributed by atoms with Gasteiger partial charge in [0.25, 0.3) is 0 Å². The van der Waals surface area contributed by atoms with Crippen LogP contribution < -0.4 is 41.8 Å². The van der Waals surface area contributed by atoms with Crippen LogP contribution in [-0.2, 0) is 9.59 Å². The number of ether oxygens (including phenoxy) is 2. The number of anilines is 2. The zero-order valence-corrected chi connectivity index (χ0v) is 17.7. The number of benzene rings is 2. The molecule has 0 bridgehead atoms. The monoisotopic (exact) mass is 448 g/mol. The number of hydrogen-bond donors (Lipinski definition) is 6. The molecule has 0 aliphatic heterocycles. The molecule has 0 aromatic heterocycles. The van der Waals surface area contributed by atoms with Crippen LogP contribution in [0.1, 0.15) is 0 Å². The average molecular weight is 449 g/mol. The molecule has 0 spiro atoms. The van der Waals surface area contributed by atoms with Gasteiger partial charge in [-0.2, -0.15) is 0 Å². The minimum atomic E-state index is -0.994. The molecule has 0 heterocycles. The highest BCUT2D eigenvalue weighted by atomic mass is 32.1. The highest BCUT2D eigenvalue weighted by molar-refractivity contribution is 7.80. The Labute approximate surface area is 183 Å². The van der Waals surface area contributed by atoms with Crippen molar-refractivity contribution < 1.29 is 19.1 Å². The van der Waals surface area contributed by atoms with E-state index < -0.39 is 11.8 Å². The van der Waals surface area contributed by atoms with Crippen molar-refractivity contribution >= 4 is 57.8 Å². The molecule has 0 saturated heterocycles. The molecule has 0 aliphatic carbocycles. The zero-order chi connectivity index (χ0) is 21.9. The van der Waals surface area contributed by atoms with Gasteiger partial charge in [0, 0.05) is 0 Å². The smallest absolute Gasteiger partial charge is 0.329 e. The van der Waals surface area contributed by atoms with Gasteiger partial charge in [0.15, 0.2) is 10.2 Å². The number of methoxy groups -OCH3 is 2. The van der Waals surface area contributed by atoms with Crippen molar-refractivity contribution in [2.45, 2.75) is 0 Å². The maximum atomic E-state index is 11.9. The SMILES string of the molecule is COc1ccccc1NC(=S)NNC(=O)C(=O)NNC(=S)Nc1ccccc1OC. The van der Waals surface area contributed by atoms with Crippen molar-refractivity contribution in [3.63, 3.8) is 0 Å². The standard InChI is InChI=1S/C18H20N6O4S2/c1-27-13-9-5-3-7-11(13)19-17(29)23-21-15(25)16(26)22-24-18(30)20-12-8-4-6-10-14(12)28-2/h3-10H,1-2H3,(H,21,25)(H,22,26)(H2,19,23,29)(H2,20,24,30). The summed E-state index contributed by atoms with van der Waals surface area (Å²) in [5, 5.41) is 5.78. The lowest BCUT2D eigenvalue weighted by Gasteiger charge is -2.15. The van der Waals surface area contributed by atoms with Crippen LogP contribution in [0, 0.1) is 0 Å². The van der Waals surface area contributed by atoms with E-state index in [2.05, 4.69) is 32.3 Å². The molecule has 10 nitrogen and oxygen atoms in total. The topological polar surface area (TPSA) is 125 Å². The zero-order valence-electron chi connectivity index (χ0n) is 16.1. The van der Waals surface area contributed by atoms with Gasteiger partial charge >= 0.3 is 11.8 Å². The van der Waals surface area contributed by atoms with Crippen LogP contribution in [0.4, 0.5) is 11.4 Å². The molecule has 0 unspecified atom stereocenters. The van der Waals surface area contributed by atoms with Gasteiger partial charge in [-0.3, -0.25) is 31.3 Å². The summed E-state index contributed by atoms with van der Waals surface area (Å²) in [5.74, 6) is -0.865. The molecule has 2 aromatic carbocycles. The third-order valence-corrected chi connectivity index (χ3v) is 3.90. The Hall–Kier alpha value is -3.64. The highest BCUT2D eigenvalue weighted by Gasteiger charge is 2.14. The van der Waals surface area contributed by atoms with E-state index in [1.807, 2.05) is 0 Å². The van der Waals surface area contributed by atoms with E-state index in [1.54, 1.807) is 48.5 Å². The molecular weight excluding hydrogens is 428 g/mol. The third kappa shape index (κ3) is 6.76. The molecule has 2 aromatic rings. The van der Waals surface area contributed by atoms with E-state index in [4.69, 9.17) is 33.9 Å². The second-order valence-corrected chi connectivity index (χ2v) is 6.28. The van der Waals surface area contributed by atoms with E-state index in [-0.39, 0.29) is 10.2 Å². The molecule has 0 fully saturated rings. The van der Waals surface area contributed by atoms with Crippen LogP contribution in [0.15, 0.2) is 48.5 Å². The summed E-state index contributed by atoms with van der Waals surface area (Å²) >= 11 is 10.1. The van der Waals surface area contributed by atoms with Crippen molar-refractivity contribution in [3.05, 3.63) is 48.5 Å². The van der Waals surface area contributed by atoms with Crippen molar-refractivity contribution in [1.29, 1.82) is 0 Å². The Morgan fingerprint density at radius 3 is 1.40 bits per heavy atom. The van der Waals surface area contributed by atoms with Crippen LogP contribution in [0.5, 0.6) is 11.5 Å². The first-order valence-electron chi connectivity index (χ1n) is 8.45. The molecular formula is C18H20N6O4S2. The molecule has 0 saturated carbocycles. The van der Waals surface area contributed by atoms with E-state index in [0.29, 0.717) is 22.9 Å². The maximum Gasteiger partial charge on any atom is 0.329 e. The van der Waals surface area contributed by atoms with Crippen LogP contribution in [-0.4, -0.2) is 36.3 Å². The van der Waals surface area contributed by atoms with Gasteiger partial charge in [0.2, 0.25) is 0 Å². The third-order valence-electron chi connectivity index (χ3n) is 3.50. The first kappa shape index (κ1) is 22.6. The van der Waals surface area contributed by atoms with E-state index >= 15 is 0 Å². The Morgan fingerprint density at radius 1 is 0.667 bits per heavy atom. The second-order valence-electron chi connectivity index (χ2n) is 5.47. The Bertz CT molecular complexity index is 865. The summed E-state index contributed by atoms with van der Waals surface area (Å²) in [5.41, 5.74) is 10.3. The lowest BCUT2D eigenvalue weighted by Crippen LogP contribution is -2.53. The van der Waals surface area contributed by atoms with Gasteiger partial charge in [-0.25, -0.2) is 0 Å². The average Bonchev–Trinajstić information content (AvgIpc) is 2.76. The molecule has 30 heavy (non-hydrogen) atoms. The predicted octanol–water partition coefficient (Wildman–Crippen LogP) is 1.04. The number of para-hydroxylation sites is 4. The molecule has 0 aliphatic rings. The summed E-state index contributed by atoms with van der Waals surface area (Å²) in [6, 6.07) is 14.1. The van der Waals surface area contributed by atoms with E-state index in [1.165, 1.54) is 14.2 Å². The number of carbonyl (C=O) groups excluding carboxylic acids is 2. The normalized spacial score (nSPS) is 9.53. The largest absolute Gasteiger partial charge is 0.495 e. The van der Waals surface area contributed by atoms with Crippen molar-refractivity contribution in [3.8, 4) is 11.5 Å². The fourth-order valence-electron chi connectivity index (χ4n) is 2.14. The van der Waals surface area contributed by atoms with E-state index in [9.17, 15) is 9.59 Å². The van der Waals surface area contributed by atoms with Gasteiger partial charge < -0.3 is 20.1 Å². The minimum absolute atomic E-state index is 0.0574. The number of thiocarbonyl (C=S) groups is 2. The molecule has 2 amide bonds. The van der Waals surface area contributed by atoms with Crippen LogP contribution in [0.3, 0.4) is 0 Å². The molecule has 6 N–H and O–H groups in total. The Morgan fingerprint density at radius 2 is 1.03 bits per heavy atom. The summed E-state index contributed by atoms with van der Waals surface area (Å²) < 4.78 is 10.4. The number of hydrogen-bond acceptors (Lipinski definition) is 6. The number of rotatable bonds is 4. The lowest BCUT2D eigenvalue weighted by atomic mass is 10.3. The fourth-order valence-corrected chi connectivity index (χ4v) is 2.47. The lowest BCUT2D eigenvalue weighted by molar-refractivity contribution is -0.139. The first-order chi connectivity index (χ1) is 14.4. The highest BCUT2D eigenvalue weighted by Crippen LogP contribution is 2.23. The molecule has 0 radical (unpaired) electrons. The summed E-state index contributed by atoms with van der Waals surface area (Å²) in [6.45, 7) is 0. The first-order valence-corrected chi connectivity index (χ1v) is 9.26. The van der Waals surface area contributed by atoms with Gasteiger partial charge in [-0.15, -0.1) is 0 Å². The summed E-state index contributed by atoms with van der Waals surface area (Å²) in [4.78, 5) is 23.7. The summed E-state index contributed by atoms with van der Waals surface area (Å²) in [7, 11) is 3.03. The number of amides is 2. The maximum absolute atomic E-state index is 11.9. The number of carbonyl (C=O) groups is 2. The number of hydrazine groups is 2. The molecule has 12 heteroatoms. The molecule has 158 valence electrons. The van der Waals surface area contributed by atoms with Gasteiger partial charge in [0.05, 0.1) is 25.6 Å². The number of nitrogens with one attached hydrogen (secondary N) is 6. The van der Waals surface area contributed by atoms with Crippen molar-refractivity contribution in [1.82, 2.24) is 21.7 Å². The summed E-state index contributed by atoms with van der Waals surface area (Å²) in [6.07, 6.45) is 0. The Kier molecular flexibility index (Phi) is 8.59. The fraction of sp³-hybridized carbons (Fsp3) is 0.111. The van der Waals surface area contributed by atoms with Crippen LogP contribution >= 0.6 is 24.4 Å². The van der Waals surface area contributed by atoms with E-state index in [0.717, 1.165) is 0 Å². The van der Waals surface area contributed by atoms with Gasteiger partial charge in [-0.05, 0) is 48.7 Å². The van der Waals surface area contributed by atoms with Crippen molar-refractivity contribution in [2.24, 2.45) is 0 Å². The van der Waals surface area contributed by atoms with Crippen LogP contribution in [0.25, 0.3) is 0 Å². The van der Waals surface area contributed by atoms with Crippen molar-refractivity contribution in [2.75, 3.05) is 24.9 Å². The molecule has 2 rings (SSSR count). The quantitative estimate of drug-likeness (QED) is 0.230. The van der Waals surface area contributed by atoms with Crippen LogP contribution in [0.2, 0.25) is 0 Å². The minimum Gasteiger partial charge on any atom is -0.495 e. The van der Waals surface area contributed by atoms with Gasteiger partial charge in [0.1, 0.15) is 11.5 Å². The van der Waals surface area contributed by atoms with Gasteiger partial charge in [-0.1, -0.05) is 24.3 Å².